The van der Waals surface area contributed by atoms with E-state index < -0.39 is 0 Å². The summed E-state index contributed by atoms with van der Waals surface area (Å²) in [7, 11) is 0. The molecule has 116 valence electrons. The van der Waals surface area contributed by atoms with Crippen molar-refractivity contribution in [1.82, 2.24) is 9.55 Å². The Bertz CT molecular complexity index is 921. The maximum atomic E-state index is 13.2. The number of benzene rings is 2. The maximum absolute atomic E-state index is 13.2. The molecule has 3 aromatic rings. The van der Waals surface area contributed by atoms with E-state index in [1.165, 1.54) is 12.1 Å². The zero-order chi connectivity index (χ0) is 16.0. The highest BCUT2D eigenvalue weighted by atomic mass is 32.1. The number of ether oxygens (including phenoxy) is 2. The van der Waals surface area contributed by atoms with Crippen LogP contribution in [0.4, 0.5) is 4.39 Å². The maximum Gasteiger partial charge on any atom is 0.231 e. The van der Waals surface area contributed by atoms with Crippen LogP contribution in [0.25, 0.3) is 22.4 Å². The third kappa shape index (κ3) is 2.39. The van der Waals surface area contributed by atoms with E-state index in [-0.39, 0.29) is 12.6 Å². The lowest BCUT2D eigenvalue weighted by Crippen LogP contribution is -2.17. The van der Waals surface area contributed by atoms with Crippen molar-refractivity contribution in [2.75, 3.05) is 6.79 Å². The first-order chi connectivity index (χ1) is 11.1. The molecule has 4 rings (SSSR count). The van der Waals surface area contributed by atoms with Gasteiger partial charge in [-0.2, -0.15) is 0 Å². The van der Waals surface area contributed by atoms with Crippen molar-refractivity contribution in [2.45, 2.75) is 6.54 Å². The number of hydrogen-bond acceptors (Lipinski definition) is 4. The molecule has 7 heteroatoms. The van der Waals surface area contributed by atoms with Gasteiger partial charge < -0.3 is 19.8 Å². The molecule has 2 heterocycles. The lowest BCUT2D eigenvalue weighted by molar-refractivity contribution is 0.174. The molecule has 0 aliphatic carbocycles. The Kier molecular flexibility index (Phi) is 3.16. The predicted octanol–water partition coefficient (Wildman–Crippen LogP) is 2.86. The molecule has 0 unspecified atom stereocenters. The summed E-state index contributed by atoms with van der Waals surface area (Å²) >= 11 is 5.05. The molecule has 2 N–H and O–H groups in total. The smallest absolute Gasteiger partial charge is 0.231 e. The van der Waals surface area contributed by atoms with Crippen LogP contribution in [0.2, 0.25) is 0 Å². The summed E-state index contributed by atoms with van der Waals surface area (Å²) in [6.07, 6.45) is 0. The minimum absolute atomic E-state index is 0.196. The normalized spacial score (nSPS) is 12.7. The van der Waals surface area contributed by atoms with E-state index in [9.17, 15) is 4.39 Å². The van der Waals surface area contributed by atoms with Crippen molar-refractivity contribution >= 4 is 28.2 Å². The van der Waals surface area contributed by atoms with Crippen LogP contribution < -0.4 is 15.2 Å². The fourth-order valence-corrected chi connectivity index (χ4v) is 2.78. The molecule has 0 amide bonds. The van der Waals surface area contributed by atoms with Gasteiger partial charge in [0.15, 0.2) is 11.5 Å². The van der Waals surface area contributed by atoms with Crippen LogP contribution in [0.15, 0.2) is 36.4 Å². The van der Waals surface area contributed by atoms with Gasteiger partial charge in [0.05, 0.1) is 22.6 Å². The van der Waals surface area contributed by atoms with Gasteiger partial charge in [-0.25, -0.2) is 9.37 Å². The molecule has 1 aromatic heterocycles. The number of nitrogens with two attached hydrogens (primary N) is 1. The number of halogens is 1. The summed E-state index contributed by atoms with van der Waals surface area (Å²) in [5.74, 6) is 1.68. The Balaban J connectivity index is 1.95. The van der Waals surface area contributed by atoms with Crippen LogP contribution in [0.1, 0.15) is 0 Å². The van der Waals surface area contributed by atoms with Crippen molar-refractivity contribution in [3.63, 3.8) is 0 Å². The molecule has 5 nitrogen and oxygen atoms in total. The quantitative estimate of drug-likeness (QED) is 0.749. The number of aromatic nitrogens is 2. The van der Waals surface area contributed by atoms with Gasteiger partial charge in [0.2, 0.25) is 6.79 Å². The highest BCUT2D eigenvalue weighted by Crippen LogP contribution is 2.37. The van der Waals surface area contributed by atoms with E-state index in [4.69, 9.17) is 27.4 Å². The molecule has 0 saturated carbocycles. The molecular weight excluding hydrogens is 317 g/mol. The third-order valence-electron chi connectivity index (χ3n) is 3.66. The van der Waals surface area contributed by atoms with Crippen LogP contribution >= 0.6 is 12.2 Å². The van der Waals surface area contributed by atoms with Crippen molar-refractivity contribution in [2.24, 2.45) is 5.73 Å². The summed E-state index contributed by atoms with van der Waals surface area (Å²) in [6, 6.07) is 9.81. The average Bonchev–Trinajstić information content (AvgIpc) is 3.10. The monoisotopic (exact) mass is 329 g/mol. The highest BCUT2D eigenvalue weighted by Gasteiger charge is 2.20. The van der Waals surface area contributed by atoms with Gasteiger partial charge in [0.1, 0.15) is 11.6 Å². The van der Waals surface area contributed by atoms with Gasteiger partial charge in [-0.05, 0) is 24.3 Å². The van der Waals surface area contributed by atoms with Gasteiger partial charge in [-0.15, -0.1) is 0 Å². The van der Waals surface area contributed by atoms with E-state index in [1.807, 2.05) is 16.7 Å². The Morgan fingerprint density at radius 1 is 1.22 bits per heavy atom. The molecule has 0 atom stereocenters. The Morgan fingerprint density at radius 3 is 2.61 bits per heavy atom. The van der Waals surface area contributed by atoms with Crippen molar-refractivity contribution in [3.05, 3.63) is 42.2 Å². The summed E-state index contributed by atoms with van der Waals surface area (Å²) in [6.45, 7) is 0.528. The van der Waals surface area contributed by atoms with Gasteiger partial charge in [-0.1, -0.05) is 12.2 Å². The van der Waals surface area contributed by atoms with Crippen LogP contribution in [0.3, 0.4) is 0 Å². The fraction of sp³-hybridized carbons (Fsp3) is 0.125. The first-order valence-electron chi connectivity index (χ1n) is 6.96. The van der Waals surface area contributed by atoms with Gasteiger partial charge in [0.25, 0.3) is 0 Å². The van der Waals surface area contributed by atoms with E-state index in [0.29, 0.717) is 28.9 Å². The zero-order valence-corrected chi connectivity index (χ0v) is 12.8. The number of imidazole rings is 1. The van der Waals surface area contributed by atoms with E-state index in [2.05, 4.69) is 4.98 Å². The molecule has 0 bridgehead atoms. The first-order valence-corrected chi connectivity index (χ1v) is 7.37. The van der Waals surface area contributed by atoms with Crippen LogP contribution in [0.5, 0.6) is 11.5 Å². The van der Waals surface area contributed by atoms with Gasteiger partial charge >= 0.3 is 0 Å². The van der Waals surface area contributed by atoms with E-state index in [0.717, 1.165) is 16.6 Å². The molecule has 0 spiro atoms. The van der Waals surface area contributed by atoms with Crippen molar-refractivity contribution in [3.8, 4) is 22.9 Å². The van der Waals surface area contributed by atoms with Crippen LogP contribution in [0, 0.1) is 5.82 Å². The average molecular weight is 329 g/mol. The van der Waals surface area contributed by atoms with Gasteiger partial charge in [-0.3, -0.25) is 0 Å². The standard InChI is InChI=1S/C16H12FN3O2S/c17-10-3-1-9(2-4-10)16-19-11-5-13-14(22-8-21-13)6-12(11)20(16)7-15(18)23/h1-6H,7-8H2,(H2,18,23). The predicted molar refractivity (Wildman–Crippen MR) is 88.0 cm³/mol. The lowest BCUT2D eigenvalue weighted by Gasteiger charge is -2.08. The molecule has 2 aromatic carbocycles. The Morgan fingerprint density at radius 2 is 1.91 bits per heavy atom. The number of hydrogen-bond donors (Lipinski definition) is 1. The Labute approximate surface area is 136 Å². The molecular formula is C16H12FN3O2S. The molecule has 1 aliphatic heterocycles. The largest absolute Gasteiger partial charge is 0.454 e. The first kappa shape index (κ1) is 14.0. The highest BCUT2D eigenvalue weighted by molar-refractivity contribution is 7.80. The summed E-state index contributed by atoms with van der Waals surface area (Å²) in [5, 5.41) is 0. The number of thiocarbonyl (C=S) groups is 1. The number of nitrogens with zero attached hydrogens (tertiary/aromatic N) is 2. The summed E-state index contributed by atoms with van der Waals surface area (Å²) < 4.78 is 25.9. The van der Waals surface area contributed by atoms with Crippen molar-refractivity contribution in [1.29, 1.82) is 0 Å². The van der Waals surface area contributed by atoms with Crippen molar-refractivity contribution < 1.29 is 13.9 Å². The second-order valence-corrected chi connectivity index (χ2v) is 5.71. The Hall–Kier alpha value is -2.67. The van der Waals surface area contributed by atoms with Gasteiger partial charge in [0, 0.05) is 17.7 Å². The zero-order valence-electron chi connectivity index (χ0n) is 12.0. The second-order valence-electron chi connectivity index (χ2n) is 5.19. The topological polar surface area (TPSA) is 62.3 Å². The minimum atomic E-state index is -0.300. The number of fused-ring (bicyclic) bond motifs is 2. The third-order valence-corrected chi connectivity index (χ3v) is 3.79. The fourth-order valence-electron chi connectivity index (χ4n) is 2.65. The molecule has 0 radical (unpaired) electrons. The summed E-state index contributed by atoms with van der Waals surface area (Å²) in [4.78, 5) is 4.97. The minimum Gasteiger partial charge on any atom is -0.454 e. The SMILES string of the molecule is NC(=S)Cn1c(-c2ccc(F)cc2)nc2cc3c(cc21)OCO3. The molecule has 1 aliphatic rings. The second kappa shape index (κ2) is 5.20. The van der Waals surface area contributed by atoms with E-state index in [1.54, 1.807) is 12.1 Å². The van der Waals surface area contributed by atoms with E-state index >= 15 is 0 Å². The number of rotatable bonds is 3. The summed E-state index contributed by atoms with van der Waals surface area (Å²) in [5.41, 5.74) is 8.08. The lowest BCUT2D eigenvalue weighted by atomic mass is 10.2. The van der Waals surface area contributed by atoms with Crippen LogP contribution in [-0.2, 0) is 6.54 Å². The molecule has 23 heavy (non-hydrogen) atoms. The molecule has 0 saturated heterocycles. The van der Waals surface area contributed by atoms with Crippen LogP contribution in [-0.4, -0.2) is 21.3 Å². The molecule has 0 fully saturated rings.